The van der Waals surface area contributed by atoms with Gasteiger partial charge in [-0.05, 0) is 55.0 Å². The van der Waals surface area contributed by atoms with Gasteiger partial charge in [-0.25, -0.2) is 9.48 Å². The minimum absolute atomic E-state index is 0.0633. The number of halogens is 4. The number of carboxylic acid groups (broad SMARTS) is 1. The van der Waals surface area contributed by atoms with Crippen LogP contribution in [0.5, 0.6) is 0 Å². The highest BCUT2D eigenvalue weighted by molar-refractivity contribution is 6.35. The lowest BCUT2D eigenvalue weighted by Gasteiger charge is -2.14. The predicted octanol–water partition coefficient (Wildman–Crippen LogP) is 6.89. The highest BCUT2D eigenvalue weighted by atomic mass is 35.5. The Hall–Kier alpha value is -3.03. The van der Waals surface area contributed by atoms with Gasteiger partial charge in [-0.1, -0.05) is 70.7 Å². The van der Waals surface area contributed by atoms with Crippen molar-refractivity contribution in [3.05, 3.63) is 104 Å². The summed E-state index contributed by atoms with van der Waals surface area (Å²) < 4.78 is 1.54. The van der Waals surface area contributed by atoms with Crippen LogP contribution in [0, 0.1) is 6.92 Å². The smallest absolute Gasteiger partial charge is 0.326 e. The molecule has 0 fully saturated rings. The summed E-state index contributed by atoms with van der Waals surface area (Å²) in [6.07, 6.45) is 0.0745. The van der Waals surface area contributed by atoms with Gasteiger partial charge in [0.2, 0.25) is 0 Å². The van der Waals surface area contributed by atoms with Crippen molar-refractivity contribution in [3.8, 4) is 16.9 Å². The van der Waals surface area contributed by atoms with Crippen LogP contribution in [0.3, 0.4) is 0 Å². The number of nitrogens with one attached hydrogen (secondary N) is 1. The van der Waals surface area contributed by atoms with Crippen LogP contribution in [0.4, 0.5) is 0 Å². The van der Waals surface area contributed by atoms with Gasteiger partial charge in [-0.2, -0.15) is 5.10 Å². The molecule has 1 atom stereocenters. The first kappa shape index (κ1) is 26.0. The lowest BCUT2D eigenvalue weighted by molar-refractivity contribution is -0.139. The van der Waals surface area contributed by atoms with E-state index in [1.165, 1.54) is 0 Å². The maximum Gasteiger partial charge on any atom is 0.326 e. The highest BCUT2D eigenvalue weighted by Gasteiger charge is 2.27. The summed E-state index contributed by atoms with van der Waals surface area (Å²) in [5, 5.41) is 18.7. The van der Waals surface area contributed by atoms with Gasteiger partial charge in [0.25, 0.3) is 5.91 Å². The standard InChI is InChI=1S/C26H19Cl4N3O3/c1-14-23(25(34)31-21(26(35)36)12-15-2-6-17(27)7-3-15)32-33(22-11-10-19(29)13-20(22)30)24(14)16-4-8-18(28)9-5-16/h2-11,13,21H,12H2,1H3,(H,31,34)(H,35,36)/t21-/m0/s1. The molecule has 36 heavy (non-hydrogen) atoms. The molecular formula is C26H19Cl4N3O3. The van der Waals surface area contributed by atoms with Crippen molar-refractivity contribution in [2.75, 3.05) is 0 Å². The van der Waals surface area contributed by atoms with Crippen LogP contribution in [0.2, 0.25) is 20.1 Å². The molecule has 0 aliphatic rings. The normalized spacial score (nSPS) is 11.8. The molecule has 0 radical (unpaired) electrons. The first-order valence-electron chi connectivity index (χ1n) is 10.7. The number of aliphatic carboxylic acids is 1. The number of hydrogen-bond donors (Lipinski definition) is 2. The number of nitrogens with zero attached hydrogens (tertiary/aromatic N) is 2. The second kappa shape index (κ2) is 10.9. The Morgan fingerprint density at radius 3 is 2.08 bits per heavy atom. The van der Waals surface area contributed by atoms with E-state index in [-0.39, 0.29) is 12.1 Å². The average Bonchev–Trinajstić information content (AvgIpc) is 3.17. The van der Waals surface area contributed by atoms with Crippen molar-refractivity contribution in [1.82, 2.24) is 15.1 Å². The summed E-state index contributed by atoms with van der Waals surface area (Å²) in [5.41, 5.74) is 3.16. The minimum Gasteiger partial charge on any atom is -0.480 e. The second-order valence-corrected chi connectivity index (χ2v) is 9.75. The quantitative estimate of drug-likeness (QED) is 0.257. The van der Waals surface area contributed by atoms with Crippen molar-refractivity contribution >= 4 is 58.3 Å². The summed E-state index contributed by atoms with van der Waals surface area (Å²) in [6, 6.07) is 17.6. The van der Waals surface area contributed by atoms with E-state index in [2.05, 4.69) is 10.4 Å². The number of carbonyl (C=O) groups is 2. The van der Waals surface area contributed by atoms with E-state index in [1.54, 1.807) is 78.3 Å². The maximum absolute atomic E-state index is 13.3. The number of hydrogen-bond acceptors (Lipinski definition) is 3. The molecule has 10 heteroatoms. The van der Waals surface area contributed by atoms with Gasteiger partial charge in [-0.3, -0.25) is 4.79 Å². The van der Waals surface area contributed by atoms with Crippen molar-refractivity contribution in [2.45, 2.75) is 19.4 Å². The molecule has 3 aromatic carbocycles. The summed E-state index contributed by atoms with van der Waals surface area (Å²) in [7, 11) is 0. The molecule has 0 saturated heterocycles. The molecular weight excluding hydrogens is 544 g/mol. The first-order valence-corrected chi connectivity index (χ1v) is 12.2. The van der Waals surface area contributed by atoms with E-state index in [0.29, 0.717) is 42.6 Å². The van der Waals surface area contributed by atoms with Crippen LogP contribution in [-0.2, 0) is 11.2 Å². The molecule has 0 bridgehead atoms. The van der Waals surface area contributed by atoms with Gasteiger partial charge in [-0.15, -0.1) is 0 Å². The zero-order valence-electron chi connectivity index (χ0n) is 18.8. The molecule has 0 unspecified atom stereocenters. The molecule has 0 aliphatic heterocycles. The molecule has 0 aliphatic carbocycles. The third-order valence-corrected chi connectivity index (χ3v) is 6.59. The third-order valence-electron chi connectivity index (χ3n) is 5.55. The lowest BCUT2D eigenvalue weighted by Crippen LogP contribution is -2.42. The molecule has 1 heterocycles. The third kappa shape index (κ3) is 5.68. The zero-order valence-corrected chi connectivity index (χ0v) is 21.8. The first-order chi connectivity index (χ1) is 17.1. The fourth-order valence-electron chi connectivity index (χ4n) is 3.77. The van der Waals surface area contributed by atoms with Crippen molar-refractivity contribution in [2.24, 2.45) is 0 Å². The van der Waals surface area contributed by atoms with Crippen LogP contribution in [-0.4, -0.2) is 32.8 Å². The fraction of sp³-hybridized carbons (Fsp3) is 0.115. The molecule has 184 valence electrons. The van der Waals surface area contributed by atoms with E-state index < -0.39 is 17.9 Å². The monoisotopic (exact) mass is 561 g/mol. The summed E-state index contributed by atoms with van der Waals surface area (Å²) in [4.78, 5) is 25.2. The second-order valence-electron chi connectivity index (χ2n) is 8.03. The van der Waals surface area contributed by atoms with E-state index in [4.69, 9.17) is 46.4 Å². The SMILES string of the molecule is Cc1c(C(=O)N[C@@H](Cc2ccc(Cl)cc2)C(=O)O)nn(-c2ccc(Cl)cc2Cl)c1-c1ccc(Cl)cc1. The number of amides is 1. The predicted molar refractivity (Wildman–Crippen MR) is 143 cm³/mol. The van der Waals surface area contributed by atoms with Gasteiger partial charge in [0.15, 0.2) is 5.69 Å². The van der Waals surface area contributed by atoms with Crippen LogP contribution in [0.1, 0.15) is 21.6 Å². The van der Waals surface area contributed by atoms with Gasteiger partial charge in [0, 0.05) is 32.6 Å². The summed E-state index contributed by atoms with van der Waals surface area (Å²) in [6.45, 7) is 1.74. The van der Waals surface area contributed by atoms with Crippen molar-refractivity contribution in [1.29, 1.82) is 0 Å². The van der Waals surface area contributed by atoms with E-state index >= 15 is 0 Å². The number of benzene rings is 3. The lowest BCUT2D eigenvalue weighted by atomic mass is 10.0. The zero-order chi connectivity index (χ0) is 26.0. The largest absolute Gasteiger partial charge is 0.480 e. The summed E-state index contributed by atoms with van der Waals surface area (Å²) >= 11 is 24.5. The van der Waals surface area contributed by atoms with Crippen LogP contribution in [0.15, 0.2) is 66.7 Å². The Morgan fingerprint density at radius 2 is 1.50 bits per heavy atom. The maximum atomic E-state index is 13.3. The molecule has 1 amide bonds. The summed E-state index contributed by atoms with van der Waals surface area (Å²) in [5.74, 6) is -1.80. The van der Waals surface area contributed by atoms with Gasteiger partial charge in [0.05, 0.1) is 16.4 Å². The van der Waals surface area contributed by atoms with E-state index in [9.17, 15) is 14.7 Å². The van der Waals surface area contributed by atoms with Crippen LogP contribution in [0.25, 0.3) is 16.9 Å². The molecule has 4 rings (SSSR count). The minimum atomic E-state index is -1.18. The van der Waals surface area contributed by atoms with Crippen molar-refractivity contribution in [3.63, 3.8) is 0 Å². The Bertz CT molecular complexity index is 1430. The Balaban J connectivity index is 1.74. The van der Waals surface area contributed by atoms with Crippen molar-refractivity contribution < 1.29 is 14.7 Å². The number of carbonyl (C=O) groups excluding carboxylic acids is 1. The average molecular weight is 563 g/mol. The highest BCUT2D eigenvalue weighted by Crippen LogP contribution is 2.33. The molecule has 1 aromatic heterocycles. The van der Waals surface area contributed by atoms with E-state index in [0.717, 1.165) is 5.56 Å². The van der Waals surface area contributed by atoms with E-state index in [1.807, 2.05) is 0 Å². The molecule has 4 aromatic rings. The van der Waals surface area contributed by atoms with Gasteiger partial charge in [0.1, 0.15) is 6.04 Å². The van der Waals surface area contributed by atoms with Crippen LogP contribution < -0.4 is 5.32 Å². The fourth-order valence-corrected chi connectivity index (χ4v) is 4.51. The Kier molecular flexibility index (Phi) is 7.91. The molecule has 2 N–H and O–H groups in total. The molecule has 6 nitrogen and oxygen atoms in total. The Morgan fingerprint density at radius 1 is 0.917 bits per heavy atom. The van der Waals surface area contributed by atoms with Crippen LogP contribution >= 0.6 is 46.4 Å². The number of rotatable bonds is 7. The molecule has 0 saturated carbocycles. The number of carboxylic acids is 1. The number of aromatic nitrogens is 2. The Labute approximate surface area is 227 Å². The van der Waals surface area contributed by atoms with Gasteiger partial charge < -0.3 is 10.4 Å². The topological polar surface area (TPSA) is 84.2 Å². The molecule has 0 spiro atoms. The van der Waals surface area contributed by atoms with Gasteiger partial charge >= 0.3 is 5.97 Å².